The number of carbonyl (C=O) groups is 1. The molecule has 13 nitrogen and oxygen atoms in total. The van der Waals surface area contributed by atoms with E-state index >= 15 is 0 Å². The summed E-state index contributed by atoms with van der Waals surface area (Å²) in [5.74, 6) is -0.118. The Kier molecular flexibility index (Phi) is 7.89. The molecule has 0 saturated carbocycles. The van der Waals surface area contributed by atoms with Gasteiger partial charge in [-0.05, 0) is 6.92 Å². The van der Waals surface area contributed by atoms with Gasteiger partial charge in [-0.3, -0.25) is 9.36 Å². The van der Waals surface area contributed by atoms with Gasteiger partial charge in [-0.15, -0.1) is 0 Å². The Balaban J connectivity index is 1.64. The van der Waals surface area contributed by atoms with Gasteiger partial charge in [0.15, 0.2) is 10.9 Å². The largest absolute Gasteiger partial charge is 0.394 e. The first-order chi connectivity index (χ1) is 15.2. The first kappa shape index (κ1) is 24.2. The first-order valence-electron chi connectivity index (χ1n) is 9.94. The molecule has 2 unspecified atom stereocenters. The van der Waals surface area contributed by atoms with Crippen molar-refractivity contribution in [2.45, 2.75) is 43.6 Å². The van der Waals surface area contributed by atoms with E-state index in [0.717, 1.165) is 0 Å². The molecule has 6 atom stereocenters. The van der Waals surface area contributed by atoms with Gasteiger partial charge in [0.05, 0.1) is 19.0 Å². The van der Waals surface area contributed by atoms with Crippen LogP contribution < -0.4 is 16.4 Å². The lowest BCUT2D eigenvalue weighted by Crippen LogP contribution is -2.47. The molecule has 1 amide bonds. The number of carbonyl (C=O) groups excluding carboxylic acids is 1. The molecular weight excluding hydrogens is 442 g/mol. The number of aromatic nitrogens is 4. The molecule has 1 saturated heterocycles. The summed E-state index contributed by atoms with van der Waals surface area (Å²) in [6.07, 6.45) is -0.478. The summed E-state index contributed by atoms with van der Waals surface area (Å²) in [5.41, 5.74) is 6.35. The van der Waals surface area contributed by atoms with Crippen molar-refractivity contribution >= 4 is 35.2 Å². The zero-order chi connectivity index (χ0) is 23.4. The standard InChI is InChI=1S/C18H27N7O6S/c1-8(27)10(19)15(30)20-4-2-3-5-21-18-23-14-11(16(32)24-18)22-7-25(14)17-13(29)12(28)9(6-26)31-17/h2-3,7-10,12-13,17,26-29H,4-6,19H2,1H3,(H,20,30)(H2,21,23,24,32)/b3-2+/t8?,9-,10?,12-,13-,17-/m1/s1. The molecule has 14 heteroatoms. The number of rotatable bonds is 9. The number of nitrogens with one attached hydrogen (secondary N) is 3. The molecule has 2 aromatic rings. The second-order valence-electron chi connectivity index (χ2n) is 7.33. The van der Waals surface area contributed by atoms with E-state index in [2.05, 4.69) is 25.6 Å². The molecule has 1 fully saturated rings. The molecule has 0 bridgehead atoms. The van der Waals surface area contributed by atoms with Gasteiger partial charge in [-0.1, -0.05) is 24.4 Å². The minimum Gasteiger partial charge on any atom is -0.394 e. The maximum Gasteiger partial charge on any atom is 0.239 e. The monoisotopic (exact) mass is 469 g/mol. The molecule has 3 heterocycles. The second kappa shape index (κ2) is 10.4. The maximum atomic E-state index is 11.7. The highest BCUT2D eigenvalue weighted by Crippen LogP contribution is 2.31. The summed E-state index contributed by atoms with van der Waals surface area (Å²) < 4.78 is 7.25. The Morgan fingerprint density at radius 3 is 2.78 bits per heavy atom. The molecule has 3 rings (SSSR count). The van der Waals surface area contributed by atoms with E-state index in [1.807, 2.05) is 0 Å². The van der Waals surface area contributed by atoms with Gasteiger partial charge in [0.2, 0.25) is 11.9 Å². The van der Waals surface area contributed by atoms with E-state index in [1.54, 1.807) is 12.2 Å². The number of fused-ring (bicyclic) bond motifs is 1. The van der Waals surface area contributed by atoms with Crippen LogP contribution in [0, 0.1) is 4.64 Å². The number of amides is 1. The molecule has 9 N–H and O–H groups in total. The normalized spacial score (nSPS) is 25.3. The van der Waals surface area contributed by atoms with Gasteiger partial charge >= 0.3 is 0 Å². The van der Waals surface area contributed by atoms with Crippen molar-refractivity contribution in [2.24, 2.45) is 5.73 Å². The third-order valence-electron chi connectivity index (χ3n) is 5.01. The van der Waals surface area contributed by atoms with E-state index in [1.165, 1.54) is 17.8 Å². The van der Waals surface area contributed by atoms with Crippen molar-refractivity contribution in [1.29, 1.82) is 0 Å². The summed E-state index contributed by atoms with van der Waals surface area (Å²) in [6.45, 7) is 1.59. The van der Waals surface area contributed by atoms with Crippen LogP contribution in [-0.2, 0) is 9.53 Å². The lowest BCUT2D eigenvalue weighted by atomic mass is 10.1. The van der Waals surface area contributed by atoms with Crippen LogP contribution in [0.1, 0.15) is 13.2 Å². The molecular formula is C18H27N7O6S. The maximum absolute atomic E-state index is 11.7. The third-order valence-corrected chi connectivity index (χ3v) is 5.29. The fourth-order valence-electron chi connectivity index (χ4n) is 3.14. The smallest absolute Gasteiger partial charge is 0.239 e. The van der Waals surface area contributed by atoms with Crippen molar-refractivity contribution in [3.8, 4) is 0 Å². The average molecular weight is 470 g/mol. The zero-order valence-electron chi connectivity index (χ0n) is 17.3. The number of aromatic amines is 1. The van der Waals surface area contributed by atoms with Gasteiger partial charge < -0.3 is 46.5 Å². The number of aliphatic hydroxyl groups excluding tert-OH is 4. The molecule has 1 aliphatic heterocycles. The highest BCUT2D eigenvalue weighted by molar-refractivity contribution is 7.71. The van der Waals surface area contributed by atoms with Gasteiger partial charge in [-0.25, -0.2) is 9.97 Å². The fourth-order valence-corrected chi connectivity index (χ4v) is 3.38. The fraction of sp³-hybridized carbons (Fsp3) is 0.556. The predicted molar refractivity (Wildman–Crippen MR) is 116 cm³/mol. The molecule has 2 aromatic heterocycles. The molecule has 1 aliphatic rings. The van der Waals surface area contributed by atoms with Gasteiger partial charge in [0, 0.05) is 13.1 Å². The number of H-pyrrole nitrogens is 1. The zero-order valence-corrected chi connectivity index (χ0v) is 18.1. The number of aliphatic hydroxyl groups is 4. The number of anilines is 1. The minimum atomic E-state index is -1.27. The van der Waals surface area contributed by atoms with Crippen molar-refractivity contribution < 1.29 is 30.0 Å². The van der Waals surface area contributed by atoms with Crippen LogP contribution in [0.3, 0.4) is 0 Å². The predicted octanol–water partition coefficient (Wildman–Crippen LogP) is -2.11. The number of nitrogens with zero attached hydrogens (tertiary/aromatic N) is 3. The number of nitrogens with two attached hydrogens (primary N) is 1. The summed E-state index contributed by atoms with van der Waals surface area (Å²) in [4.78, 5) is 23.1. The van der Waals surface area contributed by atoms with E-state index < -0.39 is 49.2 Å². The quantitative estimate of drug-likeness (QED) is 0.147. The van der Waals surface area contributed by atoms with E-state index in [4.69, 9.17) is 22.7 Å². The summed E-state index contributed by atoms with van der Waals surface area (Å²) in [5, 5.41) is 44.5. The van der Waals surface area contributed by atoms with Crippen LogP contribution in [0.15, 0.2) is 18.5 Å². The summed E-state index contributed by atoms with van der Waals surface area (Å²) >= 11 is 5.28. The second-order valence-corrected chi connectivity index (χ2v) is 7.72. The molecule has 0 aromatic carbocycles. The Labute approximate surface area is 187 Å². The summed E-state index contributed by atoms with van der Waals surface area (Å²) in [7, 11) is 0. The molecule has 32 heavy (non-hydrogen) atoms. The van der Waals surface area contributed by atoms with Crippen LogP contribution in [0.4, 0.5) is 5.95 Å². The lowest BCUT2D eigenvalue weighted by molar-refractivity contribution is -0.124. The Bertz CT molecular complexity index is 1020. The molecule has 0 radical (unpaired) electrons. The van der Waals surface area contributed by atoms with Crippen LogP contribution >= 0.6 is 12.2 Å². The number of imidazole rings is 1. The van der Waals surface area contributed by atoms with Crippen LogP contribution in [0.5, 0.6) is 0 Å². The van der Waals surface area contributed by atoms with Crippen molar-refractivity contribution in [3.05, 3.63) is 23.1 Å². The average Bonchev–Trinajstić information content (AvgIpc) is 3.31. The van der Waals surface area contributed by atoms with Crippen molar-refractivity contribution in [3.63, 3.8) is 0 Å². The van der Waals surface area contributed by atoms with E-state index in [0.29, 0.717) is 23.7 Å². The van der Waals surface area contributed by atoms with E-state index in [9.17, 15) is 25.2 Å². The highest BCUT2D eigenvalue weighted by atomic mass is 32.1. The van der Waals surface area contributed by atoms with Gasteiger partial charge in [0.1, 0.15) is 35.5 Å². The third kappa shape index (κ3) is 5.12. The number of hydrogen-bond acceptors (Lipinski definition) is 11. The molecule has 176 valence electrons. The van der Waals surface area contributed by atoms with Crippen LogP contribution in [0.2, 0.25) is 0 Å². The highest BCUT2D eigenvalue weighted by Gasteiger charge is 2.43. The van der Waals surface area contributed by atoms with Gasteiger partial charge in [-0.2, -0.15) is 0 Å². The SMILES string of the molecule is CC(O)C(N)C(=O)NC/C=C/CNc1nc(=S)c2ncn([C@@H]3O[C@H](CO)[C@@H](O)[C@H]3O)c2[nH]1. The summed E-state index contributed by atoms with van der Waals surface area (Å²) in [6, 6.07) is -0.987. The Hall–Kier alpha value is -2.46. The minimum absolute atomic E-state index is 0.218. The first-order valence-corrected chi connectivity index (χ1v) is 10.3. The van der Waals surface area contributed by atoms with Crippen molar-refractivity contribution in [2.75, 3.05) is 25.0 Å². The van der Waals surface area contributed by atoms with Crippen LogP contribution in [0.25, 0.3) is 11.2 Å². The number of hydrogen-bond donors (Lipinski definition) is 8. The van der Waals surface area contributed by atoms with E-state index in [-0.39, 0.29) is 11.2 Å². The number of ether oxygens (including phenoxy) is 1. The Morgan fingerprint density at radius 2 is 2.12 bits per heavy atom. The topological polar surface area (TPSA) is 204 Å². The lowest BCUT2D eigenvalue weighted by Gasteiger charge is -2.17. The van der Waals surface area contributed by atoms with Crippen molar-refractivity contribution in [1.82, 2.24) is 24.8 Å². The Morgan fingerprint density at radius 1 is 1.41 bits per heavy atom. The molecule has 0 aliphatic carbocycles. The van der Waals surface area contributed by atoms with Gasteiger partial charge in [0.25, 0.3) is 0 Å². The van der Waals surface area contributed by atoms with Crippen LogP contribution in [-0.4, -0.2) is 96.0 Å². The molecule has 0 spiro atoms.